The van der Waals surface area contributed by atoms with E-state index in [0.29, 0.717) is 5.69 Å². The second-order valence-electron chi connectivity index (χ2n) is 9.57. The van der Waals surface area contributed by atoms with Crippen molar-refractivity contribution in [1.29, 1.82) is 0 Å². The van der Waals surface area contributed by atoms with E-state index < -0.39 is 11.3 Å². The van der Waals surface area contributed by atoms with Crippen molar-refractivity contribution >= 4 is 22.5 Å². The molecule has 3 aromatic rings. The molecule has 5 nitrogen and oxygen atoms in total. The summed E-state index contributed by atoms with van der Waals surface area (Å²) in [7, 11) is 0. The number of fused-ring (bicyclic) bond motifs is 1. The maximum atomic E-state index is 14.4. The highest BCUT2D eigenvalue weighted by molar-refractivity contribution is 6.06. The zero-order valence-corrected chi connectivity index (χ0v) is 18.1. The molecular weight excluding hydrogens is 383 g/mol. The van der Waals surface area contributed by atoms with Crippen molar-refractivity contribution in [2.24, 2.45) is 0 Å². The van der Waals surface area contributed by atoms with Crippen molar-refractivity contribution in [3.8, 4) is 5.75 Å². The molecule has 0 aliphatic carbocycles. The van der Waals surface area contributed by atoms with Gasteiger partial charge in [0.2, 0.25) is 5.43 Å². The van der Waals surface area contributed by atoms with E-state index in [4.69, 9.17) is 0 Å². The fraction of sp³-hybridized carbons (Fsp3) is 0.333. The number of aromatic nitrogens is 1. The highest BCUT2D eigenvalue weighted by Crippen LogP contribution is 2.39. The largest absolute Gasteiger partial charge is 0.508 e. The average molecular weight is 410 g/mol. The van der Waals surface area contributed by atoms with E-state index in [2.05, 4.69) is 5.32 Å². The van der Waals surface area contributed by atoms with Crippen LogP contribution in [0.3, 0.4) is 0 Å². The topological polar surface area (TPSA) is 71.3 Å². The molecule has 1 heterocycles. The van der Waals surface area contributed by atoms with Crippen molar-refractivity contribution in [2.45, 2.75) is 52.4 Å². The van der Waals surface area contributed by atoms with Gasteiger partial charge in [0.05, 0.1) is 11.7 Å². The van der Waals surface area contributed by atoms with E-state index >= 15 is 0 Å². The monoisotopic (exact) mass is 410 g/mol. The number of hydrogen-bond acceptors (Lipinski definition) is 3. The number of carbonyl (C=O) groups is 1. The minimum Gasteiger partial charge on any atom is -0.508 e. The Labute approximate surface area is 175 Å². The number of aromatic hydroxyl groups is 1. The van der Waals surface area contributed by atoms with Crippen molar-refractivity contribution in [3.63, 3.8) is 0 Å². The van der Waals surface area contributed by atoms with Gasteiger partial charge >= 0.3 is 0 Å². The van der Waals surface area contributed by atoms with Gasteiger partial charge in [-0.05, 0) is 40.2 Å². The van der Waals surface area contributed by atoms with E-state index in [-0.39, 0.29) is 37.8 Å². The lowest BCUT2D eigenvalue weighted by molar-refractivity contribution is 0.102. The van der Waals surface area contributed by atoms with Crippen LogP contribution in [-0.4, -0.2) is 15.8 Å². The number of benzene rings is 2. The lowest BCUT2D eigenvalue weighted by Gasteiger charge is -2.28. The van der Waals surface area contributed by atoms with E-state index in [9.17, 15) is 19.2 Å². The van der Waals surface area contributed by atoms with Crippen LogP contribution in [0.1, 0.15) is 63.0 Å². The molecule has 3 rings (SSSR count). The molecule has 30 heavy (non-hydrogen) atoms. The summed E-state index contributed by atoms with van der Waals surface area (Å²) in [6.07, 6.45) is 0.889. The Morgan fingerprint density at radius 2 is 1.60 bits per heavy atom. The molecule has 1 aromatic heterocycles. The van der Waals surface area contributed by atoms with E-state index in [0.717, 1.165) is 17.3 Å². The summed E-state index contributed by atoms with van der Waals surface area (Å²) in [6.45, 7) is 12.0. The molecule has 0 aliphatic heterocycles. The number of phenols is 1. The number of nitrogens with zero attached hydrogens (tertiary/aromatic N) is 1. The van der Waals surface area contributed by atoms with Crippen LogP contribution >= 0.6 is 0 Å². The Balaban J connectivity index is 2.12. The quantitative estimate of drug-likeness (QED) is 0.603. The number of hydrogen-bond donors (Lipinski definition) is 2. The first-order valence-corrected chi connectivity index (χ1v) is 9.80. The van der Waals surface area contributed by atoms with Crippen LogP contribution in [-0.2, 0) is 10.8 Å². The molecule has 0 saturated carbocycles. The molecule has 0 saturated heterocycles. The molecule has 0 aliphatic rings. The number of rotatable bonds is 2. The van der Waals surface area contributed by atoms with Gasteiger partial charge in [0, 0.05) is 17.1 Å². The Morgan fingerprint density at radius 1 is 1.00 bits per heavy atom. The van der Waals surface area contributed by atoms with E-state index in [1.807, 2.05) is 47.6 Å². The molecule has 2 aromatic carbocycles. The SMILES string of the molecule is CC(C)(C)c1cc(C(C)(C)C)c(NC(=O)c2cn(F)c3ccccc3c2=O)cc1O. The van der Waals surface area contributed by atoms with Gasteiger partial charge in [0.15, 0.2) is 0 Å². The second-order valence-corrected chi connectivity index (χ2v) is 9.57. The highest BCUT2D eigenvalue weighted by atomic mass is 19.2. The molecule has 0 unspecified atom stereocenters. The first kappa shape index (κ1) is 21.6. The van der Waals surface area contributed by atoms with Crippen LogP contribution in [0.25, 0.3) is 10.9 Å². The summed E-state index contributed by atoms with van der Waals surface area (Å²) in [5, 5.41) is 13.4. The molecule has 0 bridgehead atoms. The maximum Gasteiger partial charge on any atom is 0.261 e. The van der Waals surface area contributed by atoms with Gasteiger partial charge in [-0.1, -0.05) is 58.2 Å². The molecular formula is C24H27FN2O3. The first-order valence-electron chi connectivity index (χ1n) is 9.80. The molecule has 1 amide bonds. The molecule has 2 N–H and O–H groups in total. The number of carbonyl (C=O) groups excluding carboxylic acids is 1. The molecule has 0 fully saturated rings. The van der Waals surface area contributed by atoms with Crippen LogP contribution in [0.5, 0.6) is 5.75 Å². The number of pyridine rings is 1. The normalized spacial score (nSPS) is 12.2. The zero-order valence-electron chi connectivity index (χ0n) is 18.1. The fourth-order valence-corrected chi connectivity index (χ4v) is 3.50. The number of anilines is 1. The van der Waals surface area contributed by atoms with Crippen molar-refractivity contribution < 1.29 is 14.4 Å². The predicted octanol–water partition coefficient (Wildman–Crippen LogP) is 5.29. The van der Waals surface area contributed by atoms with Gasteiger partial charge < -0.3 is 10.4 Å². The minimum absolute atomic E-state index is 0.0483. The predicted molar refractivity (Wildman–Crippen MR) is 118 cm³/mol. The van der Waals surface area contributed by atoms with Crippen molar-refractivity contribution in [3.05, 3.63) is 69.5 Å². The Morgan fingerprint density at radius 3 is 2.20 bits per heavy atom. The Kier molecular flexibility index (Phi) is 5.23. The summed E-state index contributed by atoms with van der Waals surface area (Å²) < 4.78 is 14.4. The Bertz CT molecular complexity index is 1200. The van der Waals surface area contributed by atoms with Gasteiger partial charge in [0.1, 0.15) is 11.3 Å². The lowest BCUT2D eigenvalue weighted by atomic mass is 9.79. The van der Waals surface area contributed by atoms with Crippen LogP contribution in [0.15, 0.2) is 47.4 Å². The van der Waals surface area contributed by atoms with Crippen LogP contribution in [0, 0.1) is 0 Å². The van der Waals surface area contributed by atoms with Gasteiger partial charge in [-0.15, -0.1) is 0 Å². The number of amides is 1. The fourth-order valence-electron chi connectivity index (χ4n) is 3.50. The standard InChI is InChI=1S/C24H27FN2O3/c1-23(2,3)16-11-17(24(4,5)6)20(28)12-18(16)26-22(30)15-13-27(25)19-10-8-7-9-14(19)21(15)29/h7-13,28H,1-6H3,(H,26,30). The summed E-state index contributed by atoms with van der Waals surface area (Å²) >= 11 is 0. The van der Waals surface area contributed by atoms with Gasteiger partial charge in [-0.25, -0.2) is 0 Å². The molecule has 158 valence electrons. The average Bonchev–Trinajstić information content (AvgIpc) is 2.62. The molecule has 0 atom stereocenters. The van der Waals surface area contributed by atoms with Crippen LogP contribution in [0.4, 0.5) is 10.2 Å². The number of nitrogens with one attached hydrogen (secondary N) is 1. The third-order valence-electron chi connectivity index (χ3n) is 5.11. The summed E-state index contributed by atoms with van der Waals surface area (Å²) in [5.74, 6) is -0.683. The first-order chi connectivity index (χ1) is 13.8. The van der Waals surface area contributed by atoms with Crippen molar-refractivity contribution in [1.82, 2.24) is 4.79 Å². The third-order valence-corrected chi connectivity index (χ3v) is 5.11. The number of para-hydroxylation sites is 1. The van der Waals surface area contributed by atoms with E-state index in [1.54, 1.807) is 12.1 Å². The van der Waals surface area contributed by atoms with Gasteiger partial charge in [0.25, 0.3) is 5.91 Å². The minimum atomic E-state index is -0.731. The van der Waals surface area contributed by atoms with Gasteiger partial charge in [-0.2, -0.15) is 4.79 Å². The van der Waals surface area contributed by atoms with Crippen LogP contribution in [0.2, 0.25) is 0 Å². The Hall–Kier alpha value is -3.15. The van der Waals surface area contributed by atoms with Crippen molar-refractivity contribution in [2.75, 3.05) is 5.32 Å². The molecule has 0 radical (unpaired) electrons. The molecule has 6 heteroatoms. The summed E-state index contributed by atoms with van der Waals surface area (Å²) in [5.41, 5.74) is 0.535. The third kappa shape index (κ3) is 3.95. The zero-order chi connectivity index (χ0) is 22.4. The van der Waals surface area contributed by atoms with Crippen LogP contribution < -0.4 is 10.7 Å². The lowest BCUT2D eigenvalue weighted by Crippen LogP contribution is -2.25. The molecule has 0 spiro atoms. The summed E-state index contributed by atoms with van der Waals surface area (Å²) in [6, 6.07) is 9.56. The highest BCUT2D eigenvalue weighted by Gasteiger charge is 2.27. The smallest absolute Gasteiger partial charge is 0.261 e. The number of halogens is 1. The maximum absolute atomic E-state index is 14.4. The summed E-state index contributed by atoms with van der Waals surface area (Å²) in [4.78, 5) is 26.0. The number of phenolic OH excluding ortho intramolecular Hbond substituents is 1. The second kappa shape index (κ2) is 7.27. The van der Waals surface area contributed by atoms with E-state index in [1.165, 1.54) is 18.2 Å². The van der Waals surface area contributed by atoms with Gasteiger partial charge in [-0.3, -0.25) is 9.59 Å².